The highest BCUT2D eigenvalue weighted by Crippen LogP contribution is 2.40. The topological polar surface area (TPSA) is 114 Å². The highest BCUT2D eigenvalue weighted by Gasteiger charge is 2.28. The van der Waals surface area contributed by atoms with E-state index < -0.39 is 10.0 Å². The van der Waals surface area contributed by atoms with Gasteiger partial charge in [-0.15, -0.1) is 0 Å². The number of carbonyl (C=O) groups excluding carboxylic acids is 1. The number of pyridine rings is 1. The largest absolute Gasteiger partial charge is 0.336 e. The number of amides is 1. The van der Waals surface area contributed by atoms with Gasteiger partial charge >= 0.3 is 0 Å². The van der Waals surface area contributed by atoms with Crippen LogP contribution in [0.4, 0.5) is 11.4 Å². The third-order valence-corrected chi connectivity index (χ3v) is 7.02. The average molecular weight is 483 g/mol. The van der Waals surface area contributed by atoms with Gasteiger partial charge in [0.05, 0.1) is 27.2 Å². The number of fused-ring (bicyclic) bond motifs is 1. The van der Waals surface area contributed by atoms with Crippen molar-refractivity contribution in [3.63, 3.8) is 0 Å². The summed E-state index contributed by atoms with van der Waals surface area (Å²) in [5.41, 5.74) is 2.90. The summed E-state index contributed by atoms with van der Waals surface area (Å²) >= 11 is 5.84. The standard InChI is InChI=1S/C23H19ClN4O4S/c1-13-21-19(12-20(14-5-6-14)26-23(21)32-27-13)22(29)25-16-3-2-4-17(11-16)28-33(30,31)18-9-7-15(24)8-10-18/h2-4,7-12,14,28H,5-6H2,1H3,(H,25,29). The monoisotopic (exact) mass is 482 g/mol. The number of halogens is 1. The van der Waals surface area contributed by atoms with Gasteiger partial charge in [0, 0.05) is 22.3 Å². The zero-order valence-corrected chi connectivity index (χ0v) is 19.1. The number of nitrogens with zero attached hydrogens (tertiary/aromatic N) is 2. The molecule has 0 saturated heterocycles. The number of nitrogens with one attached hydrogen (secondary N) is 2. The number of rotatable bonds is 6. The number of sulfonamides is 1. The van der Waals surface area contributed by atoms with Gasteiger partial charge in [-0.25, -0.2) is 13.4 Å². The van der Waals surface area contributed by atoms with Gasteiger partial charge in [-0.3, -0.25) is 9.52 Å². The van der Waals surface area contributed by atoms with Crippen LogP contribution >= 0.6 is 11.6 Å². The zero-order valence-electron chi connectivity index (χ0n) is 17.5. The van der Waals surface area contributed by atoms with Crippen LogP contribution in [0.1, 0.15) is 40.5 Å². The van der Waals surface area contributed by atoms with Crippen LogP contribution < -0.4 is 10.0 Å². The number of hydrogen-bond donors (Lipinski definition) is 2. The Labute approximate surface area is 195 Å². The van der Waals surface area contributed by atoms with Gasteiger partial charge in [0.15, 0.2) is 0 Å². The van der Waals surface area contributed by atoms with E-state index >= 15 is 0 Å². The molecule has 2 heterocycles. The smallest absolute Gasteiger partial charge is 0.261 e. The summed E-state index contributed by atoms with van der Waals surface area (Å²) in [5, 5.41) is 7.80. The molecule has 1 amide bonds. The molecule has 2 N–H and O–H groups in total. The second kappa shape index (κ2) is 8.17. The van der Waals surface area contributed by atoms with Gasteiger partial charge in [-0.1, -0.05) is 22.8 Å². The van der Waals surface area contributed by atoms with Gasteiger partial charge in [0.2, 0.25) is 0 Å². The Bertz CT molecular complexity index is 1480. The maximum atomic E-state index is 13.2. The summed E-state index contributed by atoms with van der Waals surface area (Å²) < 4.78 is 33.1. The molecular formula is C23H19ClN4O4S. The quantitative estimate of drug-likeness (QED) is 0.394. The highest BCUT2D eigenvalue weighted by atomic mass is 35.5. The van der Waals surface area contributed by atoms with E-state index in [1.165, 1.54) is 24.3 Å². The molecule has 5 rings (SSSR count). The molecule has 8 nitrogen and oxygen atoms in total. The lowest BCUT2D eigenvalue weighted by molar-refractivity contribution is 0.102. The van der Waals surface area contributed by atoms with Crippen molar-refractivity contribution in [3.8, 4) is 0 Å². The number of benzene rings is 2. The Hall–Kier alpha value is -3.43. The molecule has 2 aromatic carbocycles. The van der Waals surface area contributed by atoms with Crippen molar-refractivity contribution in [2.24, 2.45) is 0 Å². The number of aryl methyl sites for hydroxylation is 1. The van der Waals surface area contributed by atoms with Gasteiger partial charge in [-0.05, 0) is 68.3 Å². The third-order valence-electron chi connectivity index (χ3n) is 5.37. The van der Waals surface area contributed by atoms with Crippen molar-refractivity contribution >= 4 is 50.0 Å². The van der Waals surface area contributed by atoms with E-state index in [2.05, 4.69) is 20.2 Å². The lowest BCUT2D eigenvalue weighted by Crippen LogP contribution is -2.15. The Morgan fingerprint density at radius 2 is 1.82 bits per heavy atom. The Morgan fingerprint density at radius 3 is 2.55 bits per heavy atom. The van der Waals surface area contributed by atoms with Crippen molar-refractivity contribution in [2.45, 2.75) is 30.6 Å². The molecular weight excluding hydrogens is 464 g/mol. The van der Waals surface area contributed by atoms with E-state index in [4.69, 9.17) is 16.1 Å². The van der Waals surface area contributed by atoms with Crippen LogP contribution in [0, 0.1) is 6.92 Å². The van der Waals surface area contributed by atoms with Crippen LogP contribution in [0.15, 0.2) is 64.0 Å². The fourth-order valence-corrected chi connectivity index (χ4v) is 4.74. The molecule has 0 spiro atoms. The first-order valence-electron chi connectivity index (χ1n) is 10.3. The second-order valence-electron chi connectivity index (χ2n) is 7.91. The SMILES string of the molecule is Cc1noc2nc(C3CC3)cc(C(=O)Nc3cccc(NS(=O)(=O)c4ccc(Cl)cc4)c3)c12. The number of carbonyl (C=O) groups is 1. The van der Waals surface area contributed by atoms with Gasteiger partial charge in [0.1, 0.15) is 0 Å². The number of aromatic nitrogens is 2. The molecule has 1 aliphatic carbocycles. The van der Waals surface area contributed by atoms with Crippen molar-refractivity contribution in [3.05, 3.63) is 76.6 Å². The molecule has 33 heavy (non-hydrogen) atoms. The van der Waals surface area contributed by atoms with Crippen molar-refractivity contribution < 1.29 is 17.7 Å². The molecule has 1 aliphatic rings. The maximum Gasteiger partial charge on any atom is 0.261 e. The Kier molecular flexibility index (Phi) is 5.30. The molecule has 10 heteroatoms. The van der Waals surface area contributed by atoms with E-state index in [-0.39, 0.29) is 10.8 Å². The molecule has 0 radical (unpaired) electrons. The molecule has 168 valence electrons. The van der Waals surface area contributed by atoms with Crippen LogP contribution in [-0.2, 0) is 10.0 Å². The summed E-state index contributed by atoms with van der Waals surface area (Å²) in [7, 11) is -3.81. The van der Waals surface area contributed by atoms with E-state index in [0.717, 1.165) is 18.5 Å². The highest BCUT2D eigenvalue weighted by molar-refractivity contribution is 7.92. The summed E-state index contributed by atoms with van der Waals surface area (Å²) in [6.45, 7) is 1.76. The first kappa shape index (κ1) is 21.4. The molecule has 1 saturated carbocycles. The van der Waals surface area contributed by atoms with Gasteiger partial charge in [0.25, 0.3) is 21.6 Å². The molecule has 0 unspecified atom stereocenters. The zero-order chi connectivity index (χ0) is 23.2. The predicted molar refractivity (Wildman–Crippen MR) is 125 cm³/mol. The van der Waals surface area contributed by atoms with E-state index in [9.17, 15) is 13.2 Å². The maximum absolute atomic E-state index is 13.2. The fraction of sp³-hybridized carbons (Fsp3) is 0.174. The minimum atomic E-state index is -3.81. The Balaban J connectivity index is 1.41. The second-order valence-corrected chi connectivity index (χ2v) is 10.0. The predicted octanol–water partition coefficient (Wildman–Crippen LogP) is 5.12. The average Bonchev–Trinajstić information content (AvgIpc) is 3.56. The first-order chi connectivity index (χ1) is 15.8. The lowest BCUT2D eigenvalue weighted by Gasteiger charge is -2.11. The van der Waals surface area contributed by atoms with Crippen molar-refractivity contribution in [1.29, 1.82) is 0 Å². The minimum Gasteiger partial charge on any atom is -0.336 e. The first-order valence-corrected chi connectivity index (χ1v) is 12.1. The minimum absolute atomic E-state index is 0.0797. The van der Waals surface area contributed by atoms with Crippen molar-refractivity contribution in [1.82, 2.24) is 10.1 Å². The van der Waals surface area contributed by atoms with E-state index in [1.54, 1.807) is 37.3 Å². The molecule has 0 atom stereocenters. The summed E-state index contributed by atoms with van der Waals surface area (Å²) in [4.78, 5) is 17.7. The molecule has 0 aliphatic heterocycles. The molecule has 0 bridgehead atoms. The summed E-state index contributed by atoms with van der Waals surface area (Å²) in [6.07, 6.45) is 2.06. The van der Waals surface area contributed by atoms with Gasteiger partial charge < -0.3 is 9.84 Å². The van der Waals surface area contributed by atoms with E-state index in [1.807, 2.05) is 0 Å². The number of hydrogen-bond acceptors (Lipinski definition) is 6. The number of anilines is 2. The van der Waals surface area contributed by atoms with Gasteiger partial charge in [-0.2, -0.15) is 0 Å². The van der Waals surface area contributed by atoms with Crippen LogP contribution in [0.2, 0.25) is 5.02 Å². The molecule has 4 aromatic rings. The van der Waals surface area contributed by atoms with E-state index in [0.29, 0.717) is 44.7 Å². The van der Waals surface area contributed by atoms with Crippen LogP contribution in [0.5, 0.6) is 0 Å². The van der Waals surface area contributed by atoms with Crippen molar-refractivity contribution in [2.75, 3.05) is 10.0 Å². The third kappa shape index (κ3) is 4.42. The molecule has 1 fully saturated rings. The fourth-order valence-electron chi connectivity index (χ4n) is 3.57. The van der Waals surface area contributed by atoms with Crippen LogP contribution in [0.25, 0.3) is 11.1 Å². The van der Waals surface area contributed by atoms with Crippen LogP contribution in [0.3, 0.4) is 0 Å². The van der Waals surface area contributed by atoms with Crippen LogP contribution in [-0.4, -0.2) is 24.5 Å². The molecule has 2 aromatic heterocycles. The normalized spacial score (nSPS) is 13.8. The summed E-state index contributed by atoms with van der Waals surface area (Å²) in [5.74, 6) is -0.0229. The lowest BCUT2D eigenvalue weighted by atomic mass is 10.1. The summed E-state index contributed by atoms with van der Waals surface area (Å²) in [6, 6.07) is 14.1. The Morgan fingerprint density at radius 1 is 1.09 bits per heavy atom.